The summed E-state index contributed by atoms with van der Waals surface area (Å²) in [5.41, 5.74) is -0.364. The summed E-state index contributed by atoms with van der Waals surface area (Å²) in [6.45, 7) is -1.94. The largest absolute Gasteiger partial charge is 0.411 e. The summed E-state index contributed by atoms with van der Waals surface area (Å²) in [6, 6.07) is 2.45. The quantitative estimate of drug-likeness (QED) is 0.552. The number of rotatable bonds is 8. The van der Waals surface area contributed by atoms with Crippen LogP contribution in [0.3, 0.4) is 0 Å². The van der Waals surface area contributed by atoms with Crippen molar-refractivity contribution in [2.24, 2.45) is 0 Å². The van der Waals surface area contributed by atoms with Crippen LogP contribution in [-0.2, 0) is 9.53 Å². The first-order chi connectivity index (χ1) is 11.2. The summed E-state index contributed by atoms with van der Waals surface area (Å²) >= 11 is 0. The summed E-state index contributed by atoms with van der Waals surface area (Å²) in [4.78, 5) is 23.0. The van der Waals surface area contributed by atoms with Gasteiger partial charge in [0, 0.05) is 25.6 Å². The molecule has 0 saturated heterocycles. The van der Waals surface area contributed by atoms with Crippen LogP contribution in [0.2, 0.25) is 0 Å². The molecule has 2 N–H and O–H groups in total. The van der Waals surface area contributed by atoms with Crippen LogP contribution in [0.25, 0.3) is 0 Å². The number of hydrogen-bond donors (Lipinski definition) is 2. The molecule has 24 heavy (non-hydrogen) atoms. The second-order valence-corrected chi connectivity index (χ2v) is 4.65. The van der Waals surface area contributed by atoms with E-state index in [0.29, 0.717) is 6.07 Å². The highest BCUT2D eigenvalue weighted by molar-refractivity contribution is 5.94. The number of halogens is 5. The third-order valence-electron chi connectivity index (χ3n) is 2.65. The first kappa shape index (κ1) is 19.8. The van der Waals surface area contributed by atoms with E-state index in [4.69, 9.17) is 0 Å². The van der Waals surface area contributed by atoms with Gasteiger partial charge in [0.2, 0.25) is 5.91 Å². The molecule has 0 radical (unpaired) electrons. The number of ether oxygens (including phenoxy) is 1. The Morgan fingerprint density at radius 2 is 1.79 bits per heavy atom. The third kappa shape index (κ3) is 7.86. The second-order valence-electron chi connectivity index (χ2n) is 4.65. The van der Waals surface area contributed by atoms with Gasteiger partial charge in [-0.05, 0) is 12.1 Å². The van der Waals surface area contributed by atoms with Crippen LogP contribution in [0.4, 0.5) is 22.0 Å². The highest BCUT2D eigenvalue weighted by Crippen LogP contribution is 2.14. The van der Waals surface area contributed by atoms with Gasteiger partial charge in [0.15, 0.2) is 0 Å². The maximum atomic E-state index is 13.3. The fraction of sp³-hybridized carbons (Fsp3) is 0.429. The van der Waals surface area contributed by atoms with Crippen molar-refractivity contribution in [1.82, 2.24) is 10.6 Å². The van der Waals surface area contributed by atoms with Gasteiger partial charge in [-0.1, -0.05) is 0 Å². The molecule has 0 bridgehead atoms. The predicted octanol–water partition coefficient (Wildman–Crippen LogP) is 1.78. The minimum absolute atomic E-state index is 0.116. The van der Waals surface area contributed by atoms with Gasteiger partial charge < -0.3 is 15.4 Å². The lowest BCUT2D eigenvalue weighted by Gasteiger charge is -2.09. The van der Waals surface area contributed by atoms with Crippen molar-refractivity contribution < 1.29 is 36.3 Å². The number of alkyl halides is 3. The topological polar surface area (TPSA) is 67.4 Å². The van der Waals surface area contributed by atoms with E-state index >= 15 is 0 Å². The van der Waals surface area contributed by atoms with E-state index in [2.05, 4.69) is 15.4 Å². The number of hydrogen-bond acceptors (Lipinski definition) is 3. The van der Waals surface area contributed by atoms with E-state index < -0.39 is 36.2 Å². The zero-order valence-corrected chi connectivity index (χ0v) is 12.4. The van der Waals surface area contributed by atoms with Gasteiger partial charge >= 0.3 is 6.18 Å². The Morgan fingerprint density at radius 1 is 1.08 bits per heavy atom. The summed E-state index contributed by atoms with van der Waals surface area (Å²) in [5.74, 6) is -3.19. The smallest absolute Gasteiger partial charge is 0.370 e. The summed E-state index contributed by atoms with van der Waals surface area (Å²) in [6.07, 6.45) is -4.59. The molecule has 0 aliphatic heterocycles. The minimum atomic E-state index is -4.43. The number of carbonyl (C=O) groups excluding carboxylic acids is 2. The number of carbonyl (C=O) groups is 2. The molecule has 0 aliphatic carbocycles. The van der Waals surface area contributed by atoms with Crippen molar-refractivity contribution in [2.75, 3.05) is 26.3 Å². The highest BCUT2D eigenvalue weighted by Gasteiger charge is 2.27. The van der Waals surface area contributed by atoms with E-state index in [1.807, 2.05) is 0 Å². The van der Waals surface area contributed by atoms with Crippen molar-refractivity contribution >= 4 is 11.8 Å². The Morgan fingerprint density at radius 3 is 2.42 bits per heavy atom. The third-order valence-corrected chi connectivity index (χ3v) is 2.65. The highest BCUT2D eigenvalue weighted by atomic mass is 19.4. The monoisotopic (exact) mass is 354 g/mol. The van der Waals surface area contributed by atoms with Crippen molar-refractivity contribution in [3.05, 3.63) is 35.4 Å². The van der Waals surface area contributed by atoms with Crippen LogP contribution in [0.1, 0.15) is 16.8 Å². The first-order valence-corrected chi connectivity index (χ1v) is 6.83. The molecular formula is C14H15F5N2O3. The van der Waals surface area contributed by atoms with E-state index in [1.165, 1.54) is 0 Å². The summed E-state index contributed by atoms with van der Waals surface area (Å²) in [5, 5.41) is 4.56. The standard InChI is InChI=1S/C14H15F5N2O3/c15-9-1-2-10(11(16)7-9)13(23)21-4-3-12(22)20-5-6-24-8-14(17,18)19/h1-2,7H,3-6,8H2,(H,20,22)(H,21,23). The van der Waals surface area contributed by atoms with Crippen molar-refractivity contribution in [3.8, 4) is 0 Å². The van der Waals surface area contributed by atoms with Gasteiger partial charge in [-0.2, -0.15) is 13.2 Å². The molecule has 0 atom stereocenters. The van der Waals surface area contributed by atoms with Crippen LogP contribution >= 0.6 is 0 Å². The number of benzene rings is 1. The van der Waals surface area contributed by atoms with Crippen molar-refractivity contribution in [2.45, 2.75) is 12.6 Å². The molecule has 0 heterocycles. The fourth-order valence-electron chi connectivity index (χ4n) is 1.60. The molecule has 5 nitrogen and oxygen atoms in total. The molecule has 0 aromatic heterocycles. The molecule has 0 saturated carbocycles. The zero-order valence-electron chi connectivity index (χ0n) is 12.4. The predicted molar refractivity (Wildman–Crippen MR) is 73.2 cm³/mol. The molecule has 1 aromatic carbocycles. The van der Waals surface area contributed by atoms with E-state index in [0.717, 1.165) is 12.1 Å². The lowest BCUT2D eigenvalue weighted by atomic mass is 10.2. The van der Waals surface area contributed by atoms with Crippen molar-refractivity contribution in [3.63, 3.8) is 0 Å². The molecule has 1 aromatic rings. The average Bonchev–Trinajstić information content (AvgIpc) is 2.45. The molecule has 0 unspecified atom stereocenters. The molecular weight excluding hydrogens is 339 g/mol. The van der Waals surface area contributed by atoms with Crippen molar-refractivity contribution in [1.29, 1.82) is 0 Å². The Labute approximate surface area is 134 Å². The molecule has 0 fully saturated rings. The second kappa shape index (κ2) is 9.16. The average molecular weight is 354 g/mol. The van der Waals surface area contributed by atoms with Gasteiger partial charge in [-0.25, -0.2) is 8.78 Å². The van der Waals surface area contributed by atoms with Gasteiger partial charge in [0.05, 0.1) is 12.2 Å². The SMILES string of the molecule is O=C(CCNC(=O)c1ccc(F)cc1F)NCCOCC(F)(F)F. The van der Waals surface area contributed by atoms with Gasteiger partial charge in [-0.15, -0.1) is 0 Å². The molecule has 1 rings (SSSR count). The Bertz CT molecular complexity index is 578. The van der Waals surface area contributed by atoms with Crippen LogP contribution in [0.15, 0.2) is 18.2 Å². The molecule has 10 heteroatoms. The zero-order chi connectivity index (χ0) is 18.2. The van der Waals surface area contributed by atoms with Crippen LogP contribution in [0.5, 0.6) is 0 Å². The Kier molecular flexibility index (Phi) is 7.56. The summed E-state index contributed by atoms with van der Waals surface area (Å²) in [7, 11) is 0. The minimum Gasteiger partial charge on any atom is -0.370 e. The van der Waals surface area contributed by atoms with Gasteiger partial charge in [0.1, 0.15) is 18.2 Å². The normalized spacial score (nSPS) is 11.2. The van der Waals surface area contributed by atoms with Crippen LogP contribution in [0, 0.1) is 11.6 Å². The van der Waals surface area contributed by atoms with E-state index in [1.54, 1.807) is 0 Å². The van der Waals surface area contributed by atoms with Gasteiger partial charge in [0.25, 0.3) is 5.91 Å². The van der Waals surface area contributed by atoms with E-state index in [-0.39, 0.29) is 31.7 Å². The fourth-order valence-corrected chi connectivity index (χ4v) is 1.60. The first-order valence-electron chi connectivity index (χ1n) is 6.83. The molecule has 0 spiro atoms. The molecule has 2 amide bonds. The van der Waals surface area contributed by atoms with Crippen LogP contribution < -0.4 is 10.6 Å². The maximum Gasteiger partial charge on any atom is 0.411 e. The Balaban J connectivity index is 2.20. The number of nitrogens with one attached hydrogen (secondary N) is 2. The maximum absolute atomic E-state index is 13.3. The Hall–Kier alpha value is -2.23. The van der Waals surface area contributed by atoms with Gasteiger partial charge in [-0.3, -0.25) is 9.59 Å². The number of amides is 2. The van der Waals surface area contributed by atoms with Crippen LogP contribution in [-0.4, -0.2) is 44.3 Å². The lowest BCUT2D eigenvalue weighted by molar-refractivity contribution is -0.173. The lowest BCUT2D eigenvalue weighted by Crippen LogP contribution is -2.33. The molecule has 134 valence electrons. The van der Waals surface area contributed by atoms with E-state index in [9.17, 15) is 31.5 Å². The molecule has 0 aliphatic rings. The summed E-state index contributed by atoms with van der Waals surface area (Å²) < 4.78 is 65.7.